The quantitative estimate of drug-likeness (QED) is 0.837. The highest BCUT2D eigenvalue weighted by Gasteiger charge is 2.08. The van der Waals surface area contributed by atoms with Crippen molar-refractivity contribution in [3.8, 4) is 0 Å². The summed E-state index contributed by atoms with van der Waals surface area (Å²) in [5.74, 6) is 0.447. The van der Waals surface area contributed by atoms with Gasteiger partial charge >= 0.3 is 0 Å². The van der Waals surface area contributed by atoms with Crippen molar-refractivity contribution in [2.45, 2.75) is 20.3 Å². The van der Waals surface area contributed by atoms with Crippen LogP contribution in [-0.4, -0.2) is 17.4 Å². The number of hydrogen-bond acceptors (Lipinski definition) is 3. The minimum Gasteiger partial charge on any atom is -0.353 e. The molecular weight excluding hydrogens is 298 g/mol. The molecule has 2 rings (SSSR count). The minimum atomic E-state index is -0.115. The van der Waals surface area contributed by atoms with Gasteiger partial charge in [-0.25, -0.2) is 0 Å². The molecule has 0 spiro atoms. The molecule has 0 atom stereocenters. The number of rotatable bonds is 6. The number of benzene rings is 1. The second-order valence-electron chi connectivity index (χ2n) is 5.51. The van der Waals surface area contributed by atoms with E-state index < -0.39 is 0 Å². The highest BCUT2D eigenvalue weighted by atomic mass is 35.5. The maximum Gasteiger partial charge on any atom is 0.252 e. The van der Waals surface area contributed by atoms with Crippen molar-refractivity contribution in [3.63, 3.8) is 0 Å². The summed E-state index contributed by atoms with van der Waals surface area (Å²) in [5.41, 5.74) is 2.04. The Morgan fingerprint density at radius 3 is 2.77 bits per heavy atom. The lowest BCUT2D eigenvalue weighted by atomic mass is 10.1. The molecule has 22 heavy (non-hydrogen) atoms. The highest BCUT2D eigenvalue weighted by molar-refractivity contribution is 6.33. The Kier molecular flexibility index (Phi) is 5.78. The molecule has 2 aromatic rings. The normalized spacial score (nSPS) is 10.5. The Labute approximate surface area is 135 Å². The van der Waals surface area contributed by atoms with Crippen LogP contribution in [0.3, 0.4) is 0 Å². The summed E-state index contributed by atoms with van der Waals surface area (Å²) < 4.78 is 0. The Balaban J connectivity index is 2.03. The molecule has 116 valence electrons. The van der Waals surface area contributed by atoms with Crippen molar-refractivity contribution < 1.29 is 4.79 Å². The lowest BCUT2D eigenvalue weighted by molar-refractivity contribution is 0.0951. The van der Waals surface area contributed by atoms with Crippen molar-refractivity contribution in [2.75, 3.05) is 11.9 Å². The molecule has 0 bridgehead atoms. The molecule has 0 saturated heterocycles. The van der Waals surface area contributed by atoms with Crippen molar-refractivity contribution in [1.29, 1.82) is 0 Å². The predicted octanol–water partition coefficient (Wildman–Crippen LogP) is 4.25. The van der Waals surface area contributed by atoms with Gasteiger partial charge in [-0.05, 0) is 30.5 Å². The van der Waals surface area contributed by atoms with Crippen LogP contribution in [0.15, 0.2) is 42.7 Å². The van der Waals surface area contributed by atoms with Gasteiger partial charge in [-0.3, -0.25) is 9.78 Å². The molecule has 1 amide bonds. The zero-order chi connectivity index (χ0) is 15.9. The first-order valence-corrected chi connectivity index (χ1v) is 7.69. The van der Waals surface area contributed by atoms with E-state index in [1.807, 2.05) is 18.2 Å². The maximum absolute atomic E-state index is 12.1. The molecule has 1 aromatic heterocycles. The van der Waals surface area contributed by atoms with E-state index in [0.717, 1.165) is 17.8 Å². The number of carbonyl (C=O) groups is 1. The fourth-order valence-corrected chi connectivity index (χ4v) is 2.11. The zero-order valence-corrected chi connectivity index (χ0v) is 13.5. The lowest BCUT2D eigenvalue weighted by Gasteiger charge is -2.10. The third-order valence-electron chi connectivity index (χ3n) is 3.16. The SMILES string of the molecule is CC(C)CCNC(=O)c1cncc(Nc2ccccc2Cl)c1. The van der Waals surface area contributed by atoms with Gasteiger partial charge < -0.3 is 10.6 Å². The molecule has 4 nitrogen and oxygen atoms in total. The van der Waals surface area contributed by atoms with Crippen LogP contribution in [0.25, 0.3) is 0 Å². The van der Waals surface area contributed by atoms with E-state index >= 15 is 0 Å². The number of nitrogens with zero attached hydrogens (tertiary/aromatic N) is 1. The number of halogens is 1. The van der Waals surface area contributed by atoms with Crippen molar-refractivity contribution in [3.05, 3.63) is 53.3 Å². The number of anilines is 2. The van der Waals surface area contributed by atoms with Crippen LogP contribution in [0.4, 0.5) is 11.4 Å². The van der Waals surface area contributed by atoms with Gasteiger partial charge in [0, 0.05) is 12.7 Å². The van der Waals surface area contributed by atoms with Gasteiger partial charge in [-0.1, -0.05) is 37.6 Å². The molecular formula is C17H20ClN3O. The van der Waals surface area contributed by atoms with Crippen LogP contribution >= 0.6 is 11.6 Å². The van der Waals surface area contributed by atoms with Crippen LogP contribution in [0, 0.1) is 5.92 Å². The Morgan fingerprint density at radius 2 is 2.05 bits per heavy atom. The molecule has 0 aliphatic carbocycles. The summed E-state index contributed by atoms with van der Waals surface area (Å²) in [6.45, 7) is 4.92. The van der Waals surface area contributed by atoms with Gasteiger partial charge in [0.15, 0.2) is 0 Å². The van der Waals surface area contributed by atoms with Gasteiger partial charge in [-0.15, -0.1) is 0 Å². The smallest absolute Gasteiger partial charge is 0.252 e. The number of pyridine rings is 1. The second-order valence-corrected chi connectivity index (χ2v) is 5.91. The Morgan fingerprint density at radius 1 is 1.27 bits per heavy atom. The second kappa shape index (κ2) is 7.80. The number of amides is 1. The first-order valence-electron chi connectivity index (χ1n) is 7.31. The van der Waals surface area contributed by atoms with E-state index in [0.29, 0.717) is 23.0 Å². The zero-order valence-electron chi connectivity index (χ0n) is 12.8. The Hall–Kier alpha value is -2.07. The highest BCUT2D eigenvalue weighted by Crippen LogP contribution is 2.24. The summed E-state index contributed by atoms with van der Waals surface area (Å²) in [7, 11) is 0. The van der Waals surface area contributed by atoms with E-state index in [1.54, 1.807) is 24.5 Å². The summed E-state index contributed by atoms with van der Waals surface area (Å²) in [4.78, 5) is 16.2. The van der Waals surface area contributed by atoms with Crippen LogP contribution in [-0.2, 0) is 0 Å². The fourth-order valence-electron chi connectivity index (χ4n) is 1.93. The Bertz CT molecular complexity index is 643. The third-order valence-corrected chi connectivity index (χ3v) is 3.49. The average Bonchev–Trinajstić information content (AvgIpc) is 2.49. The van der Waals surface area contributed by atoms with E-state index in [2.05, 4.69) is 29.5 Å². The number of aromatic nitrogens is 1. The van der Waals surface area contributed by atoms with E-state index in [-0.39, 0.29) is 5.91 Å². The molecule has 0 aliphatic rings. The largest absolute Gasteiger partial charge is 0.353 e. The molecule has 0 saturated carbocycles. The standard InChI is InChI=1S/C17H20ClN3O/c1-12(2)7-8-20-17(22)13-9-14(11-19-10-13)21-16-6-4-3-5-15(16)18/h3-6,9-12,21H,7-8H2,1-2H3,(H,20,22). The minimum absolute atomic E-state index is 0.115. The molecule has 2 N–H and O–H groups in total. The van der Waals surface area contributed by atoms with Crippen LogP contribution in [0.5, 0.6) is 0 Å². The molecule has 1 heterocycles. The molecule has 0 unspecified atom stereocenters. The van der Waals surface area contributed by atoms with Crippen LogP contribution < -0.4 is 10.6 Å². The van der Waals surface area contributed by atoms with E-state index in [4.69, 9.17) is 11.6 Å². The monoisotopic (exact) mass is 317 g/mol. The molecule has 0 radical (unpaired) electrons. The molecule has 0 aliphatic heterocycles. The predicted molar refractivity (Wildman–Crippen MR) is 90.8 cm³/mol. The van der Waals surface area contributed by atoms with Gasteiger partial charge in [-0.2, -0.15) is 0 Å². The topological polar surface area (TPSA) is 54.0 Å². The van der Waals surface area contributed by atoms with Crippen LogP contribution in [0.2, 0.25) is 5.02 Å². The van der Waals surface area contributed by atoms with Crippen molar-refractivity contribution in [2.24, 2.45) is 5.92 Å². The van der Waals surface area contributed by atoms with E-state index in [1.165, 1.54) is 0 Å². The van der Waals surface area contributed by atoms with Gasteiger partial charge in [0.05, 0.1) is 28.2 Å². The molecule has 0 fully saturated rings. The average molecular weight is 318 g/mol. The maximum atomic E-state index is 12.1. The number of nitrogens with one attached hydrogen (secondary N) is 2. The lowest BCUT2D eigenvalue weighted by Crippen LogP contribution is -2.25. The first kappa shape index (κ1) is 16.3. The van der Waals surface area contributed by atoms with E-state index in [9.17, 15) is 4.79 Å². The molecule has 1 aromatic carbocycles. The number of hydrogen-bond donors (Lipinski definition) is 2. The van der Waals surface area contributed by atoms with Crippen molar-refractivity contribution >= 4 is 28.9 Å². The van der Waals surface area contributed by atoms with Gasteiger partial charge in [0.25, 0.3) is 5.91 Å². The first-order chi connectivity index (χ1) is 10.6. The fraction of sp³-hybridized carbons (Fsp3) is 0.294. The van der Waals surface area contributed by atoms with Gasteiger partial charge in [0.2, 0.25) is 0 Å². The number of para-hydroxylation sites is 1. The number of carbonyl (C=O) groups excluding carboxylic acids is 1. The summed E-state index contributed by atoms with van der Waals surface area (Å²) in [6, 6.07) is 9.20. The van der Waals surface area contributed by atoms with Crippen LogP contribution in [0.1, 0.15) is 30.6 Å². The third kappa shape index (κ3) is 4.74. The summed E-state index contributed by atoms with van der Waals surface area (Å²) in [6.07, 6.45) is 4.17. The van der Waals surface area contributed by atoms with Crippen molar-refractivity contribution in [1.82, 2.24) is 10.3 Å². The summed E-state index contributed by atoms with van der Waals surface area (Å²) in [5, 5.41) is 6.69. The van der Waals surface area contributed by atoms with Gasteiger partial charge in [0.1, 0.15) is 0 Å². The molecule has 5 heteroatoms. The summed E-state index contributed by atoms with van der Waals surface area (Å²) >= 11 is 6.11.